The lowest BCUT2D eigenvalue weighted by Gasteiger charge is -2.11. The van der Waals surface area contributed by atoms with Crippen molar-refractivity contribution in [3.05, 3.63) is 28.0 Å². The van der Waals surface area contributed by atoms with Crippen LogP contribution in [0, 0.1) is 5.82 Å². The monoisotopic (exact) mass is 409 g/mol. The summed E-state index contributed by atoms with van der Waals surface area (Å²) in [5, 5.41) is -0.650. The fraction of sp³-hybridized carbons (Fsp3) is 0.154. The molecule has 0 spiro atoms. The van der Waals surface area contributed by atoms with Crippen LogP contribution in [-0.2, 0) is 19.1 Å². The molecule has 0 atom stereocenters. The molecule has 0 saturated heterocycles. The Hall–Kier alpha value is -2.01. The van der Waals surface area contributed by atoms with Crippen molar-refractivity contribution < 1.29 is 26.5 Å². The van der Waals surface area contributed by atoms with Gasteiger partial charge in [0.1, 0.15) is 15.7 Å². The number of carbonyl (C=O) groups is 1. The van der Waals surface area contributed by atoms with Gasteiger partial charge in [0.15, 0.2) is 11.6 Å². The first-order valence-electron chi connectivity index (χ1n) is 6.39. The molecule has 0 fully saturated rings. The predicted octanol–water partition coefficient (Wildman–Crippen LogP) is 2.43. The molecule has 0 aliphatic carbocycles. The van der Waals surface area contributed by atoms with E-state index in [-0.39, 0.29) is 22.2 Å². The van der Waals surface area contributed by atoms with Crippen LogP contribution < -0.4 is 10.5 Å². The van der Waals surface area contributed by atoms with Crippen molar-refractivity contribution in [2.45, 2.75) is 11.8 Å². The first kappa shape index (κ1) is 19.3. The molecule has 0 unspecified atom stereocenters. The Morgan fingerprint density at radius 3 is 2.48 bits per heavy atom. The van der Waals surface area contributed by atoms with E-state index in [9.17, 15) is 17.6 Å². The number of nitrogen functional groups attached to an aromatic ring is 1. The van der Waals surface area contributed by atoms with Gasteiger partial charge in [0.25, 0.3) is 0 Å². The maximum absolute atomic E-state index is 14.7. The molecule has 0 saturated carbocycles. The lowest BCUT2D eigenvalue weighted by atomic mass is 10.2. The zero-order valence-corrected chi connectivity index (χ0v) is 15.0. The van der Waals surface area contributed by atoms with Crippen LogP contribution in [0.3, 0.4) is 0 Å². The van der Waals surface area contributed by atoms with Crippen LogP contribution in [0.2, 0.25) is 10.0 Å². The summed E-state index contributed by atoms with van der Waals surface area (Å²) in [4.78, 5) is 17.8. The van der Waals surface area contributed by atoms with Gasteiger partial charge in [-0.3, -0.25) is 8.98 Å². The van der Waals surface area contributed by atoms with Crippen LogP contribution in [0.15, 0.2) is 17.0 Å². The molecular formula is C13H10Cl2FN3O5S. The molecule has 12 heteroatoms. The van der Waals surface area contributed by atoms with E-state index in [1.54, 1.807) is 0 Å². The minimum absolute atomic E-state index is 0.252. The zero-order valence-electron chi connectivity index (χ0n) is 12.7. The van der Waals surface area contributed by atoms with E-state index in [0.29, 0.717) is 0 Å². The van der Waals surface area contributed by atoms with Gasteiger partial charge in [0, 0.05) is 6.92 Å². The highest BCUT2D eigenvalue weighted by Gasteiger charge is 2.27. The fourth-order valence-electron chi connectivity index (χ4n) is 1.78. The Morgan fingerprint density at radius 2 is 1.92 bits per heavy atom. The molecule has 2 aromatic rings. The van der Waals surface area contributed by atoms with E-state index in [0.717, 1.165) is 26.2 Å². The molecule has 0 amide bonds. The molecular weight excluding hydrogens is 400 g/mol. The Bertz CT molecular complexity index is 969. The number of rotatable bonds is 4. The third-order valence-electron chi connectivity index (χ3n) is 2.85. The topological polar surface area (TPSA) is 121 Å². The van der Waals surface area contributed by atoms with Crippen molar-refractivity contribution in [2.24, 2.45) is 0 Å². The number of aromatic nitrogens is 2. The summed E-state index contributed by atoms with van der Waals surface area (Å²) in [6, 6.07) is 2.25. The molecule has 1 aromatic carbocycles. The van der Waals surface area contributed by atoms with Crippen molar-refractivity contribution >= 4 is 45.1 Å². The van der Waals surface area contributed by atoms with E-state index in [1.165, 1.54) is 0 Å². The number of benzene rings is 1. The number of ether oxygens (including phenoxy) is 1. The Balaban J connectivity index is 2.74. The Kier molecular flexibility index (Phi) is 5.47. The molecule has 0 bridgehead atoms. The van der Waals surface area contributed by atoms with Crippen molar-refractivity contribution in [3.8, 4) is 17.3 Å². The summed E-state index contributed by atoms with van der Waals surface area (Å²) in [5.41, 5.74) is 5.23. The van der Waals surface area contributed by atoms with E-state index >= 15 is 0 Å². The molecule has 2 N–H and O–H groups in total. The average molecular weight is 410 g/mol. The highest BCUT2D eigenvalue weighted by atomic mass is 35.5. The zero-order chi connectivity index (χ0) is 18.9. The largest absolute Gasteiger partial charge is 0.406 e. The first-order valence-corrected chi connectivity index (χ1v) is 8.55. The summed E-state index contributed by atoms with van der Waals surface area (Å²) in [6.45, 7) is 1.10. The molecule has 1 aromatic heterocycles. The quantitative estimate of drug-likeness (QED) is 0.603. The second-order valence-corrected chi connectivity index (χ2v) is 6.94. The van der Waals surface area contributed by atoms with E-state index in [2.05, 4.69) is 14.2 Å². The molecule has 0 aliphatic heterocycles. The highest BCUT2D eigenvalue weighted by molar-refractivity contribution is 7.86. The van der Waals surface area contributed by atoms with Gasteiger partial charge in [-0.05, 0) is 12.1 Å². The third-order valence-corrected chi connectivity index (χ3v) is 4.97. The van der Waals surface area contributed by atoms with Crippen LogP contribution in [0.25, 0.3) is 11.4 Å². The van der Waals surface area contributed by atoms with Crippen molar-refractivity contribution in [2.75, 3.05) is 12.8 Å². The summed E-state index contributed by atoms with van der Waals surface area (Å²) < 4.78 is 47.5. The lowest BCUT2D eigenvalue weighted by Crippen LogP contribution is -2.10. The SMILES string of the molecule is COS(=O)(=O)c1c(Cl)ccc(-c2nc(N)c(Cl)c(OC(C)=O)n2)c1F. The maximum Gasteiger partial charge on any atom is 0.309 e. The van der Waals surface area contributed by atoms with Crippen molar-refractivity contribution in [1.82, 2.24) is 9.97 Å². The molecule has 8 nitrogen and oxygen atoms in total. The average Bonchev–Trinajstić information content (AvgIpc) is 2.51. The fourth-order valence-corrected chi connectivity index (χ4v) is 3.14. The number of halogens is 3. The van der Waals surface area contributed by atoms with E-state index < -0.39 is 37.7 Å². The van der Waals surface area contributed by atoms with Gasteiger partial charge in [-0.2, -0.15) is 13.4 Å². The summed E-state index contributed by atoms with van der Waals surface area (Å²) >= 11 is 11.6. The van der Waals surface area contributed by atoms with Gasteiger partial charge in [0.05, 0.1) is 17.7 Å². The molecule has 2 rings (SSSR count). The van der Waals surface area contributed by atoms with Gasteiger partial charge in [0.2, 0.25) is 5.88 Å². The van der Waals surface area contributed by atoms with Gasteiger partial charge in [-0.1, -0.05) is 23.2 Å². The summed E-state index contributed by atoms with van der Waals surface area (Å²) in [6.07, 6.45) is 0. The molecule has 0 radical (unpaired) electrons. The van der Waals surface area contributed by atoms with Gasteiger partial charge >= 0.3 is 16.1 Å². The Morgan fingerprint density at radius 1 is 1.28 bits per heavy atom. The van der Waals surface area contributed by atoms with Gasteiger partial charge in [-0.15, -0.1) is 0 Å². The Labute approximate surface area is 151 Å². The first-order chi connectivity index (χ1) is 11.6. The van der Waals surface area contributed by atoms with Crippen LogP contribution >= 0.6 is 23.2 Å². The normalized spacial score (nSPS) is 11.4. The number of carbonyl (C=O) groups excluding carboxylic acids is 1. The number of hydrogen-bond donors (Lipinski definition) is 1. The lowest BCUT2D eigenvalue weighted by molar-refractivity contribution is -0.132. The highest BCUT2D eigenvalue weighted by Crippen LogP contribution is 2.35. The van der Waals surface area contributed by atoms with Crippen molar-refractivity contribution in [1.29, 1.82) is 0 Å². The van der Waals surface area contributed by atoms with Crippen LogP contribution in [-0.4, -0.2) is 31.5 Å². The van der Waals surface area contributed by atoms with Crippen LogP contribution in [0.1, 0.15) is 6.92 Å². The number of nitrogens with two attached hydrogens (primary N) is 1. The van der Waals surface area contributed by atoms with Crippen molar-refractivity contribution in [3.63, 3.8) is 0 Å². The minimum Gasteiger partial charge on any atom is -0.406 e. The number of nitrogens with zero attached hydrogens (tertiary/aromatic N) is 2. The third kappa shape index (κ3) is 3.82. The predicted molar refractivity (Wildman–Crippen MR) is 87.4 cm³/mol. The molecule has 1 heterocycles. The minimum atomic E-state index is -4.44. The molecule has 0 aliphatic rings. The van der Waals surface area contributed by atoms with Gasteiger partial charge < -0.3 is 10.5 Å². The maximum atomic E-state index is 14.7. The second kappa shape index (κ2) is 7.08. The standard InChI is InChI=1S/C13H10Cl2FN3O5S/c1-5(20)24-13-8(15)11(17)18-12(19-13)6-3-4-7(14)10(9(6)16)25(21,22)23-2/h3-4H,1-2H3,(H2,17,18,19). The van der Waals surface area contributed by atoms with E-state index in [4.69, 9.17) is 33.7 Å². The second-order valence-electron chi connectivity index (χ2n) is 4.50. The molecule has 134 valence electrons. The van der Waals surface area contributed by atoms with E-state index in [1.807, 2.05) is 0 Å². The summed E-state index contributed by atoms with van der Waals surface area (Å²) in [7, 11) is -3.59. The summed E-state index contributed by atoms with van der Waals surface area (Å²) in [5.74, 6) is -3.06. The molecule has 25 heavy (non-hydrogen) atoms. The smallest absolute Gasteiger partial charge is 0.309 e. The van der Waals surface area contributed by atoms with Crippen LogP contribution in [0.5, 0.6) is 5.88 Å². The number of esters is 1. The van der Waals surface area contributed by atoms with Crippen LogP contribution in [0.4, 0.5) is 10.2 Å². The number of anilines is 1. The number of hydrogen-bond acceptors (Lipinski definition) is 8. The van der Waals surface area contributed by atoms with Gasteiger partial charge in [-0.25, -0.2) is 9.37 Å².